The maximum atomic E-state index is 12.5. The molecule has 1 aliphatic heterocycles. The van der Waals surface area contributed by atoms with Crippen LogP contribution < -0.4 is 15.1 Å². The van der Waals surface area contributed by atoms with Gasteiger partial charge >= 0.3 is 6.09 Å². The number of carbonyl (C=O) groups excluding carboxylic acids is 2. The van der Waals surface area contributed by atoms with Crippen molar-refractivity contribution in [1.29, 1.82) is 0 Å². The van der Waals surface area contributed by atoms with Crippen LogP contribution in [-0.4, -0.2) is 72.2 Å². The summed E-state index contributed by atoms with van der Waals surface area (Å²) < 4.78 is 5.19. The molecular formula is C30H38N6O3. The van der Waals surface area contributed by atoms with E-state index in [0.29, 0.717) is 6.54 Å². The van der Waals surface area contributed by atoms with Crippen molar-refractivity contribution in [3.8, 4) is 11.1 Å². The van der Waals surface area contributed by atoms with Gasteiger partial charge in [0, 0.05) is 63.4 Å². The number of aromatic nitrogens is 2. The summed E-state index contributed by atoms with van der Waals surface area (Å²) in [5, 5.41) is 2.51. The van der Waals surface area contributed by atoms with Gasteiger partial charge in [0.1, 0.15) is 12.1 Å². The van der Waals surface area contributed by atoms with Crippen molar-refractivity contribution in [2.45, 2.75) is 39.8 Å². The standard InChI is InChI=1S/C30H38N6O3/c1-22-9-6-7-12-26(22)35-13-15-36(16-14-35)28-31-18-25(19-32-28)24-11-8-10-23(17-24)21-34(5)27(37)20-33-29(38)39-30(2,3)4/h6-12,17-19H,13-16,20-21H2,1-5H3,(H,33,38). The minimum absolute atomic E-state index is 0.125. The van der Waals surface area contributed by atoms with Gasteiger partial charge in [-0.25, -0.2) is 14.8 Å². The fourth-order valence-corrected chi connectivity index (χ4v) is 4.51. The largest absolute Gasteiger partial charge is 0.444 e. The number of nitrogens with one attached hydrogen (secondary N) is 1. The number of alkyl carbamates (subject to hydrolysis) is 1. The number of benzene rings is 2. The number of aryl methyl sites for hydroxylation is 1. The lowest BCUT2D eigenvalue weighted by molar-refractivity contribution is -0.129. The summed E-state index contributed by atoms with van der Waals surface area (Å²) >= 11 is 0. The van der Waals surface area contributed by atoms with E-state index in [-0.39, 0.29) is 12.5 Å². The summed E-state index contributed by atoms with van der Waals surface area (Å²) in [7, 11) is 1.71. The Hall–Kier alpha value is -4.14. The number of hydrogen-bond acceptors (Lipinski definition) is 7. The normalized spacial score (nSPS) is 13.7. The van der Waals surface area contributed by atoms with Gasteiger partial charge in [-0.3, -0.25) is 4.79 Å². The molecule has 0 unspecified atom stereocenters. The summed E-state index contributed by atoms with van der Waals surface area (Å²) in [6.45, 7) is 11.4. The average Bonchev–Trinajstić information content (AvgIpc) is 2.91. The molecule has 1 aliphatic rings. The number of rotatable bonds is 7. The van der Waals surface area contributed by atoms with E-state index >= 15 is 0 Å². The zero-order valence-corrected chi connectivity index (χ0v) is 23.5. The molecule has 2 amide bonds. The summed E-state index contributed by atoms with van der Waals surface area (Å²) in [5.74, 6) is 0.531. The van der Waals surface area contributed by atoms with Crippen LogP contribution in [0.1, 0.15) is 31.9 Å². The number of piperazine rings is 1. The molecule has 0 aliphatic carbocycles. The van der Waals surface area contributed by atoms with Crippen molar-refractivity contribution in [3.05, 3.63) is 72.1 Å². The highest BCUT2D eigenvalue weighted by atomic mass is 16.6. The molecule has 2 heterocycles. The number of ether oxygens (including phenoxy) is 1. The van der Waals surface area contributed by atoms with Crippen LogP contribution in [0.4, 0.5) is 16.4 Å². The molecule has 206 valence electrons. The molecule has 1 fully saturated rings. The van der Waals surface area contributed by atoms with Gasteiger partial charge in [0.05, 0.1) is 0 Å². The average molecular weight is 531 g/mol. The van der Waals surface area contributed by atoms with E-state index in [1.165, 1.54) is 11.3 Å². The molecule has 0 saturated carbocycles. The molecule has 39 heavy (non-hydrogen) atoms. The molecule has 9 heteroatoms. The minimum Gasteiger partial charge on any atom is -0.444 e. The first-order valence-corrected chi connectivity index (χ1v) is 13.3. The van der Waals surface area contributed by atoms with E-state index in [2.05, 4.69) is 56.3 Å². The monoisotopic (exact) mass is 530 g/mol. The van der Waals surface area contributed by atoms with Gasteiger partial charge in [-0.05, 0) is 56.5 Å². The summed E-state index contributed by atoms with van der Waals surface area (Å²) in [6.07, 6.45) is 3.10. The predicted molar refractivity (Wildman–Crippen MR) is 154 cm³/mol. The Morgan fingerprint density at radius 3 is 2.28 bits per heavy atom. The molecule has 3 aromatic rings. The van der Waals surface area contributed by atoms with Crippen LogP contribution in [0.25, 0.3) is 11.1 Å². The Bertz CT molecular complexity index is 1280. The molecule has 1 N–H and O–H groups in total. The van der Waals surface area contributed by atoms with Gasteiger partial charge in [0.25, 0.3) is 0 Å². The van der Waals surface area contributed by atoms with Crippen LogP contribution in [0.3, 0.4) is 0 Å². The Balaban J connectivity index is 1.31. The first kappa shape index (κ1) is 27.9. The van der Waals surface area contributed by atoms with Gasteiger partial charge in [-0.15, -0.1) is 0 Å². The van der Waals surface area contributed by atoms with E-state index in [1.807, 2.05) is 36.7 Å². The molecule has 1 saturated heterocycles. The highest BCUT2D eigenvalue weighted by Crippen LogP contribution is 2.24. The van der Waals surface area contributed by atoms with Gasteiger partial charge in [-0.2, -0.15) is 0 Å². The first-order valence-electron chi connectivity index (χ1n) is 13.3. The number of amides is 2. The molecule has 0 radical (unpaired) electrons. The highest BCUT2D eigenvalue weighted by molar-refractivity contribution is 5.82. The topological polar surface area (TPSA) is 90.9 Å². The number of hydrogen-bond donors (Lipinski definition) is 1. The van der Waals surface area contributed by atoms with Crippen LogP contribution in [0.15, 0.2) is 60.9 Å². The van der Waals surface area contributed by atoms with Crippen molar-refractivity contribution in [2.24, 2.45) is 0 Å². The Morgan fingerprint density at radius 2 is 1.62 bits per heavy atom. The van der Waals surface area contributed by atoms with Gasteiger partial charge in [0.15, 0.2) is 0 Å². The maximum absolute atomic E-state index is 12.5. The summed E-state index contributed by atoms with van der Waals surface area (Å²) in [6, 6.07) is 16.5. The third-order valence-electron chi connectivity index (χ3n) is 6.55. The lowest BCUT2D eigenvalue weighted by Gasteiger charge is -2.36. The van der Waals surface area contributed by atoms with Crippen molar-refractivity contribution in [1.82, 2.24) is 20.2 Å². The van der Waals surface area contributed by atoms with Gasteiger partial charge < -0.3 is 24.8 Å². The molecule has 0 atom stereocenters. The molecule has 4 rings (SSSR count). The first-order chi connectivity index (χ1) is 18.6. The fourth-order valence-electron chi connectivity index (χ4n) is 4.51. The van der Waals surface area contributed by atoms with Crippen molar-refractivity contribution in [3.63, 3.8) is 0 Å². The zero-order valence-electron chi connectivity index (χ0n) is 23.5. The van der Waals surface area contributed by atoms with Crippen LogP contribution in [-0.2, 0) is 16.1 Å². The Morgan fingerprint density at radius 1 is 0.949 bits per heavy atom. The van der Waals surface area contributed by atoms with E-state index in [4.69, 9.17) is 4.74 Å². The molecule has 9 nitrogen and oxygen atoms in total. The fraction of sp³-hybridized carbons (Fsp3) is 0.400. The maximum Gasteiger partial charge on any atom is 0.408 e. The van der Waals surface area contributed by atoms with Gasteiger partial charge in [-0.1, -0.05) is 36.4 Å². The predicted octanol–water partition coefficient (Wildman–Crippen LogP) is 4.26. The van der Waals surface area contributed by atoms with Crippen LogP contribution in [0.2, 0.25) is 0 Å². The second kappa shape index (κ2) is 12.1. The molecule has 0 spiro atoms. The summed E-state index contributed by atoms with van der Waals surface area (Å²) in [5.41, 5.74) is 4.84. The van der Waals surface area contributed by atoms with Crippen LogP contribution in [0, 0.1) is 6.92 Å². The molecular weight excluding hydrogens is 492 g/mol. The smallest absolute Gasteiger partial charge is 0.408 e. The number of carbonyl (C=O) groups is 2. The third kappa shape index (κ3) is 7.69. The molecule has 1 aromatic heterocycles. The lowest BCUT2D eigenvalue weighted by Crippen LogP contribution is -2.47. The summed E-state index contributed by atoms with van der Waals surface area (Å²) in [4.78, 5) is 39.9. The lowest BCUT2D eigenvalue weighted by atomic mass is 10.1. The van der Waals surface area contributed by atoms with E-state index in [0.717, 1.165) is 48.8 Å². The molecule has 2 aromatic carbocycles. The molecule has 0 bridgehead atoms. The highest BCUT2D eigenvalue weighted by Gasteiger charge is 2.21. The Labute approximate surface area is 230 Å². The zero-order chi connectivity index (χ0) is 28.0. The third-order valence-corrected chi connectivity index (χ3v) is 6.55. The van der Waals surface area contributed by atoms with Crippen molar-refractivity contribution >= 4 is 23.6 Å². The number of nitrogens with zero attached hydrogens (tertiary/aromatic N) is 5. The number of anilines is 2. The van der Waals surface area contributed by atoms with E-state index in [9.17, 15) is 9.59 Å². The van der Waals surface area contributed by atoms with Crippen molar-refractivity contribution in [2.75, 3.05) is 49.6 Å². The van der Waals surface area contributed by atoms with Crippen molar-refractivity contribution < 1.29 is 14.3 Å². The number of para-hydroxylation sites is 1. The Kier molecular flexibility index (Phi) is 8.69. The van der Waals surface area contributed by atoms with E-state index in [1.54, 1.807) is 32.7 Å². The van der Waals surface area contributed by atoms with E-state index < -0.39 is 11.7 Å². The second-order valence-electron chi connectivity index (χ2n) is 10.8. The number of likely N-dealkylation sites (N-methyl/N-ethyl adjacent to an activating group) is 1. The van der Waals surface area contributed by atoms with Crippen LogP contribution in [0.5, 0.6) is 0 Å². The van der Waals surface area contributed by atoms with Gasteiger partial charge in [0.2, 0.25) is 11.9 Å². The minimum atomic E-state index is -0.613. The second-order valence-corrected chi connectivity index (χ2v) is 10.8. The SMILES string of the molecule is Cc1ccccc1N1CCN(c2ncc(-c3cccc(CN(C)C(=O)CNC(=O)OC(C)(C)C)c3)cn2)CC1. The quantitative estimate of drug-likeness (QED) is 0.488. The van der Waals surface area contributed by atoms with Crippen LogP contribution >= 0.6 is 0 Å².